The van der Waals surface area contributed by atoms with Crippen LogP contribution in [0.4, 0.5) is 0 Å². The maximum Gasteiger partial charge on any atom is 0.128 e. The minimum Gasteiger partial charge on any atom is -0.392 e. The number of aliphatic hydroxyl groups is 3. The fourth-order valence-corrected chi connectivity index (χ4v) is 6.69. The van der Waals surface area contributed by atoms with Crippen molar-refractivity contribution in [2.45, 2.75) is 83.7 Å². The molecule has 4 aliphatic rings. The van der Waals surface area contributed by atoms with Crippen molar-refractivity contribution < 1.29 is 20.1 Å². The number of ether oxygens (including phenoxy) is 1. The lowest BCUT2D eigenvalue weighted by molar-refractivity contribution is -0.0506. The van der Waals surface area contributed by atoms with Crippen LogP contribution in [0.3, 0.4) is 0 Å². The summed E-state index contributed by atoms with van der Waals surface area (Å²) in [5.74, 6) is 0.997. The molecule has 1 aliphatic heterocycles. The van der Waals surface area contributed by atoms with Gasteiger partial charge in [0.1, 0.15) is 23.9 Å². The zero-order valence-corrected chi connectivity index (χ0v) is 16.5. The van der Waals surface area contributed by atoms with Gasteiger partial charge in [-0.2, -0.15) is 0 Å². The SMILES string of the molecule is CC1=CC[C@@H]2C(C)(C)CCC[C@]2(C)[C@@H]1C[C@]12O[C@@H]1[C@@H](O)C(CO)=C[C@H]2O. The molecule has 3 N–H and O–H groups in total. The van der Waals surface area contributed by atoms with E-state index in [-0.39, 0.29) is 12.0 Å². The van der Waals surface area contributed by atoms with E-state index in [4.69, 9.17) is 4.74 Å². The van der Waals surface area contributed by atoms with E-state index in [0.717, 1.165) is 12.8 Å². The van der Waals surface area contributed by atoms with E-state index in [1.807, 2.05) is 0 Å². The number of epoxide rings is 1. The number of hydrogen-bond donors (Lipinski definition) is 3. The van der Waals surface area contributed by atoms with Crippen molar-refractivity contribution in [1.29, 1.82) is 0 Å². The monoisotopic (exact) mass is 362 g/mol. The third-order valence-corrected chi connectivity index (χ3v) is 8.31. The van der Waals surface area contributed by atoms with Crippen molar-refractivity contribution in [3.05, 3.63) is 23.3 Å². The van der Waals surface area contributed by atoms with Crippen LogP contribution in [0.2, 0.25) is 0 Å². The van der Waals surface area contributed by atoms with Gasteiger partial charge < -0.3 is 20.1 Å². The van der Waals surface area contributed by atoms with Gasteiger partial charge in [-0.25, -0.2) is 0 Å². The third-order valence-electron chi connectivity index (χ3n) is 8.31. The Morgan fingerprint density at radius 1 is 1.19 bits per heavy atom. The summed E-state index contributed by atoms with van der Waals surface area (Å²) in [6.07, 6.45) is 7.70. The Morgan fingerprint density at radius 3 is 2.62 bits per heavy atom. The second kappa shape index (κ2) is 5.91. The maximum absolute atomic E-state index is 10.7. The van der Waals surface area contributed by atoms with Gasteiger partial charge in [0.2, 0.25) is 0 Å². The van der Waals surface area contributed by atoms with Gasteiger partial charge in [-0.05, 0) is 66.9 Å². The number of allylic oxidation sites excluding steroid dienone is 2. The summed E-state index contributed by atoms with van der Waals surface area (Å²) in [5.41, 5.74) is 1.73. The topological polar surface area (TPSA) is 73.2 Å². The first-order valence-electron chi connectivity index (χ1n) is 10.2. The molecule has 26 heavy (non-hydrogen) atoms. The Morgan fingerprint density at radius 2 is 1.92 bits per heavy atom. The second-order valence-electron chi connectivity index (χ2n) is 10.1. The largest absolute Gasteiger partial charge is 0.392 e. The summed E-state index contributed by atoms with van der Waals surface area (Å²) in [5, 5.41) is 30.6. The average Bonchev–Trinajstić information content (AvgIpc) is 3.30. The van der Waals surface area contributed by atoms with Crippen LogP contribution < -0.4 is 0 Å². The third kappa shape index (κ3) is 2.49. The highest BCUT2D eigenvalue weighted by Crippen LogP contribution is 2.63. The summed E-state index contributed by atoms with van der Waals surface area (Å²) in [6, 6.07) is 0. The molecule has 0 amide bonds. The molecular formula is C22H34O4. The fraction of sp³-hybridized carbons (Fsp3) is 0.818. The Balaban J connectivity index is 1.65. The molecule has 3 aliphatic carbocycles. The lowest BCUT2D eigenvalue weighted by atomic mass is 9.47. The summed E-state index contributed by atoms with van der Waals surface area (Å²) < 4.78 is 5.96. The van der Waals surface area contributed by atoms with E-state index in [0.29, 0.717) is 22.8 Å². The molecule has 146 valence electrons. The second-order valence-corrected chi connectivity index (χ2v) is 10.1. The first kappa shape index (κ1) is 18.7. The molecule has 4 nitrogen and oxygen atoms in total. The highest BCUT2D eigenvalue weighted by molar-refractivity contribution is 5.33. The molecule has 2 fully saturated rings. The molecule has 1 saturated carbocycles. The van der Waals surface area contributed by atoms with Crippen LogP contribution in [0, 0.1) is 22.7 Å². The van der Waals surface area contributed by atoms with Gasteiger partial charge in [0, 0.05) is 0 Å². The van der Waals surface area contributed by atoms with Gasteiger partial charge in [0.25, 0.3) is 0 Å². The Kier molecular flexibility index (Phi) is 4.24. The number of rotatable bonds is 3. The minimum absolute atomic E-state index is 0.206. The molecular weight excluding hydrogens is 328 g/mol. The van der Waals surface area contributed by atoms with Gasteiger partial charge in [-0.15, -0.1) is 0 Å². The average molecular weight is 363 g/mol. The predicted molar refractivity (Wildman–Crippen MR) is 100 cm³/mol. The highest BCUT2D eigenvalue weighted by Gasteiger charge is 2.68. The van der Waals surface area contributed by atoms with E-state index in [9.17, 15) is 15.3 Å². The molecule has 0 aromatic rings. The molecule has 0 spiro atoms. The van der Waals surface area contributed by atoms with Crippen molar-refractivity contribution in [3.8, 4) is 0 Å². The van der Waals surface area contributed by atoms with Gasteiger partial charge in [-0.1, -0.05) is 38.8 Å². The van der Waals surface area contributed by atoms with Crippen molar-refractivity contribution in [3.63, 3.8) is 0 Å². The van der Waals surface area contributed by atoms with Crippen molar-refractivity contribution in [1.82, 2.24) is 0 Å². The van der Waals surface area contributed by atoms with E-state index in [2.05, 4.69) is 33.8 Å². The zero-order valence-electron chi connectivity index (χ0n) is 16.5. The summed E-state index contributed by atoms with van der Waals surface area (Å²) in [6.45, 7) is 9.25. The molecule has 0 bridgehead atoms. The summed E-state index contributed by atoms with van der Waals surface area (Å²) >= 11 is 0. The van der Waals surface area contributed by atoms with Crippen LogP contribution in [-0.4, -0.2) is 45.8 Å². The van der Waals surface area contributed by atoms with Crippen molar-refractivity contribution in [2.75, 3.05) is 6.61 Å². The molecule has 0 radical (unpaired) electrons. The van der Waals surface area contributed by atoms with Gasteiger partial charge in [0.05, 0.1) is 6.61 Å². The zero-order chi connectivity index (χ0) is 18.9. The lowest BCUT2D eigenvalue weighted by Crippen LogP contribution is -2.51. The molecule has 0 aromatic carbocycles. The molecule has 0 unspecified atom stereocenters. The van der Waals surface area contributed by atoms with E-state index >= 15 is 0 Å². The summed E-state index contributed by atoms with van der Waals surface area (Å²) in [4.78, 5) is 0. The Hall–Kier alpha value is -0.680. The van der Waals surface area contributed by atoms with Gasteiger partial charge in [-0.3, -0.25) is 0 Å². The Labute approximate surface area is 156 Å². The standard InChI is InChI=1S/C22H34O4/c1-13-6-7-16-20(2,3)8-5-9-21(16,4)15(13)11-22-17(24)10-14(12-23)18(25)19(22)26-22/h6,10,15-19,23-25H,5,7-9,11-12H2,1-4H3/t15-,16-,17-,18+,19-,21-,22-/m1/s1. The molecule has 4 heteroatoms. The highest BCUT2D eigenvalue weighted by atomic mass is 16.6. The van der Waals surface area contributed by atoms with E-state index in [1.54, 1.807) is 6.08 Å². The van der Waals surface area contributed by atoms with Crippen molar-refractivity contribution >= 4 is 0 Å². The lowest BCUT2D eigenvalue weighted by Gasteiger charge is -2.57. The molecule has 1 heterocycles. The van der Waals surface area contributed by atoms with Gasteiger partial charge >= 0.3 is 0 Å². The van der Waals surface area contributed by atoms with Crippen LogP contribution in [0.25, 0.3) is 0 Å². The quantitative estimate of drug-likeness (QED) is 0.533. The fourth-order valence-electron chi connectivity index (χ4n) is 6.69. The molecule has 7 atom stereocenters. The number of aliphatic hydroxyl groups excluding tert-OH is 3. The van der Waals surface area contributed by atoms with Crippen LogP contribution in [-0.2, 0) is 4.74 Å². The maximum atomic E-state index is 10.7. The smallest absolute Gasteiger partial charge is 0.128 e. The van der Waals surface area contributed by atoms with Crippen LogP contribution >= 0.6 is 0 Å². The number of hydrogen-bond acceptors (Lipinski definition) is 4. The normalized spacial score (nSPS) is 49.6. The first-order chi connectivity index (χ1) is 12.2. The predicted octanol–water partition coefficient (Wildman–Crippen LogP) is 2.97. The number of fused-ring (bicyclic) bond motifs is 2. The molecule has 0 aromatic heterocycles. The van der Waals surface area contributed by atoms with E-state index in [1.165, 1.54) is 24.8 Å². The minimum atomic E-state index is -0.803. The van der Waals surface area contributed by atoms with Crippen LogP contribution in [0.1, 0.15) is 59.8 Å². The molecule has 4 rings (SSSR count). The summed E-state index contributed by atoms with van der Waals surface area (Å²) in [7, 11) is 0. The van der Waals surface area contributed by atoms with Crippen LogP contribution in [0.5, 0.6) is 0 Å². The van der Waals surface area contributed by atoms with Crippen LogP contribution in [0.15, 0.2) is 23.3 Å². The first-order valence-corrected chi connectivity index (χ1v) is 10.2. The van der Waals surface area contributed by atoms with Gasteiger partial charge in [0.15, 0.2) is 0 Å². The van der Waals surface area contributed by atoms with E-state index < -0.39 is 23.9 Å². The van der Waals surface area contributed by atoms with Crippen molar-refractivity contribution in [2.24, 2.45) is 22.7 Å². The molecule has 1 saturated heterocycles. The Bertz CT molecular complexity index is 651.